The van der Waals surface area contributed by atoms with Crippen molar-refractivity contribution in [2.24, 2.45) is 5.92 Å². The van der Waals surface area contributed by atoms with Crippen molar-refractivity contribution in [1.82, 2.24) is 0 Å². The highest BCUT2D eigenvalue weighted by atomic mass is 32.2. The average molecular weight is 354 g/mol. The quantitative estimate of drug-likeness (QED) is 0.581. The summed E-state index contributed by atoms with van der Waals surface area (Å²) in [6.45, 7) is 2.30. The van der Waals surface area contributed by atoms with Crippen LogP contribution in [-0.4, -0.2) is 18.6 Å². The maximum atomic E-state index is 14.4. The lowest BCUT2D eigenvalue weighted by molar-refractivity contribution is -0.250. The molecule has 0 bridgehead atoms. The Morgan fingerprint density at radius 3 is 2.09 bits per heavy atom. The topological polar surface area (TPSA) is 9.23 Å². The van der Waals surface area contributed by atoms with Gasteiger partial charge in [-0.2, -0.15) is 21.4 Å². The highest BCUT2D eigenvalue weighted by Gasteiger charge is 2.61. The third-order valence-electron chi connectivity index (χ3n) is 4.31. The van der Waals surface area contributed by atoms with Crippen LogP contribution in [0.1, 0.15) is 38.2 Å². The van der Waals surface area contributed by atoms with Gasteiger partial charge >= 0.3 is 11.8 Å². The van der Waals surface area contributed by atoms with Gasteiger partial charge in [0, 0.05) is 23.0 Å². The maximum Gasteiger partial charge on any atom is 0.335 e. The van der Waals surface area contributed by atoms with E-state index in [-0.39, 0.29) is 36.0 Å². The van der Waals surface area contributed by atoms with Crippen molar-refractivity contribution in [3.63, 3.8) is 0 Å². The van der Waals surface area contributed by atoms with E-state index >= 15 is 0 Å². The van der Waals surface area contributed by atoms with Crippen molar-refractivity contribution >= 4 is 12.1 Å². The molecule has 0 heterocycles. The van der Waals surface area contributed by atoms with E-state index in [2.05, 4.69) is 0 Å². The Morgan fingerprint density at radius 2 is 1.61 bits per heavy atom. The molecule has 0 saturated heterocycles. The maximum absolute atomic E-state index is 14.4. The Labute approximate surface area is 136 Å². The molecule has 0 spiro atoms. The third kappa shape index (κ3) is 3.82. The zero-order valence-corrected chi connectivity index (χ0v) is 13.5. The number of halogens is 5. The summed E-state index contributed by atoms with van der Waals surface area (Å²) in [5.41, 5.74) is -0.785. The number of rotatable bonds is 6. The normalized spacial score (nSPS) is 23.0. The first-order valence-electron chi connectivity index (χ1n) is 7.59. The van der Waals surface area contributed by atoms with Crippen molar-refractivity contribution < 1.29 is 26.2 Å². The summed E-state index contributed by atoms with van der Waals surface area (Å²) in [7, 11) is 0. The van der Waals surface area contributed by atoms with Crippen LogP contribution in [-0.2, 0) is 10.7 Å². The van der Waals surface area contributed by atoms with Crippen molar-refractivity contribution in [1.29, 1.82) is 0 Å². The molecule has 23 heavy (non-hydrogen) atoms. The van der Waals surface area contributed by atoms with Gasteiger partial charge in [-0.05, 0) is 44.7 Å². The lowest BCUT2D eigenvalue weighted by Gasteiger charge is -2.37. The molecule has 130 valence electrons. The van der Waals surface area contributed by atoms with Crippen LogP contribution in [0.3, 0.4) is 0 Å². The van der Waals surface area contributed by atoms with Crippen molar-refractivity contribution in [3.05, 3.63) is 29.8 Å². The molecule has 0 amide bonds. The van der Waals surface area contributed by atoms with Crippen molar-refractivity contribution in [3.8, 4) is 0 Å². The number of benzene rings is 1. The molecule has 0 unspecified atom stereocenters. The highest BCUT2D eigenvalue weighted by Crippen LogP contribution is 2.51. The highest BCUT2D eigenvalue weighted by molar-refractivity contribution is 7.94. The van der Waals surface area contributed by atoms with Crippen LogP contribution >= 0.6 is 12.1 Å². The van der Waals surface area contributed by atoms with Crippen molar-refractivity contribution in [2.75, 3.05) is 6.61 Å². The first-order valence-corrected chi connectivity index (χ1v) is 8.31. The molecule has 2 rings (SSSR count). The van der Waals surface area contributed by atoms with E-state index in [1.165, 1.54) is 0 Å². The largest absolute Gasteiger partial charge is 0.379 e. The average Bonchev–Trinajstić information content (AvgIpc) is 2.55. The summed E-state index contributed by atoms with van der Waals surface area (Å²) in [5.74, 6) is -9.81. The van der Waals surface area contributed by atoms with Gasteiger partial charge in [0.05, 0.1) is 18.3 Å². The smallest absolute Gasteiger partial charge is 0.335 e. The summed E-state index contributed by atoms with van der Waals surface area (Å²) in [6.07, 6.45) is 0.613. The molecule has 0 aromatic heterocycles. The lowest BCUT2D eigenvalue weighted by Crippen LogP contribution is -2.46. The SMILES string of the molecule is CCOC1CCC(C(F)(F)C(F)(F)c2ccc(SF)cc2)CC1. The standard InChI is InChI=1S/C16H19F5OS/c1-2-22-13-7-3-11(4-8-13)15(17,18)16(19,20)12-5-9-14(23-21)10-6-12/h5-6,9-11,13H,2-4,7-8H2,1H3. The van der Waals surface area contributed by atoms with E-state index in [0.29, 0.717) is 19.4 Å². The fraction of sp³-hybridized carbons (Fsp3) is 0.625. The van der Waals surface area contributed by atoms with E-state index in [1.807, 2.05) is 6.92 Å². The Morgan fingerprint density at radius 1 is 1.04 bits per heavy atom. The van der Waals surface area contributed by atoms with Gasteiger partial charge in [-0.15, -0.1) is 0 Å². The minimum atomic E-state index is -4.28. The molecule has 1 fully saturated rings. The fourth-order valence-corrected chi connectivity index (χ4v) is 3.23. The van der Waals surface area contributed by atoms with Crippen LogP contribution in [0.2, 0.25) is 0 Å². The summed E-state index contributed by atoms with van der Waals surface area (Å²) in [4.78, 5) is 0.102. The molecule has 0 radical (unpaired) electrons. The van der Waals surface area contributed by atoms with Gasteiger partial charge in [0.1, 0.15) is 0 Å². The summed E-state index contributed by atoms with van der Waals surface area (Å²) >= 11 is -0.118. The molecule has 1 nitrogen and oxygen atoms in total. The Hall–Kier alpha value is -0.820. The molecular formula is C16H19F5OS. The minimum Gasteiger partial charge on any atom is -0.379 e. The summed E-state index contributed by atoms with van der Waals surface area (Å²) in [5, 5.41) is 0. The van der Waals surface area contributed by atoms with E-state index in [9.17, 15) is 21.4 Å². The molecule has 0 aliphatic heterocycles. The van der Waals surface area contributed by atoms with E-state index in [0.717, 1.165) is 24.3 Å². The van der Waals surface area contributed by atoms with Gasteiger partial charge in [-0.1, -0.05) is 12.1 Å². The second-order valence-electron chi connectivity index (χ2n) is 5.73. The van der Waals surface area contributed by atoms with Crippen molar-refractivity contribution in [2.45, 2.75) is 55.5 Å². The molecule has 0 N–H and O–H groups in total. The first-order chi connectivity index (χ1) is 10.8. The van der Waals surface area contributed by atoms with Crippen LogP contribution < -0.4 is 0 Å². The number of hydrogen-bond acceptors (Lipinski definition) is 2. The van der Waals surface area contributed by atoms with E-state index in [4.69, 9.17) is 4.74 Å². The predicted octanol–water partition coefficient (Wildman–Crippen LogP) is 5.99. The number of alkyl halides is 4. The van der Waals surface area contributed by atoms with Gasteiger partial charge in [-0.3, -0.25) is 0 Å². The van der Waals surface area contributed by atoms with Crippen LogP contribution in [0.5, 0.6) is 0 Å². The molecule has 7 heteroatoms. The lowest BCUT2D eigenvalue weighted by atomic mass is 9.79. The minimum absolute atomic E-state index is 0.00563. The van der Waals surface area contributed by atoms with Crippen LogP contribution in [0.15, 0.2) is 29.2 Å². The second-order valence-corrected chi connectivity index (χ2v) is 6.35. The monoisotopic (exact) mass is 354 g/mol. The van der Waals surface area contributed by atoms with Gasteiger partial charge in [0.25, 0.3) is 0 Å². The number of hydrogen-bond donors (Lipinski definition) is 0. The second kappa shape index (κ2) is 7.38. The molecule has 0 atom stereocenters. The Bertz CT molecular complexity index is 498. The number of ether oxygens (including phenoxy) is 1. The molecule has 1 saturated carbocycles. The van der Waals surface area contributed by atoms with Gasteiger partial charge in [0.15, 0.2) is 0 Å². The Kier molecular flexibility index (Phi) is 5.94. The van der Waals surface area contributed by atoms with Gasteiger partial charge in [-0.25, -0.2) is 0 Å². The first kappa shape index (κ1) is 18.5. The fourth-order valence-electron chi connectivity index (χ4n) is 2.99. The Balaban J connectivity index is 2.13. The van der Waals surface area contributed by atoms with Crippen LogP contribution in [0.25, 0.3) is 0 Å². The van der Waals surface area contributed by atoms with Crippen LogP contribution in [0, 0.1) is 5.92 Å². The molecule has 1 aromatic carbocycles. The molecule has 1 aromatic rings. The predicted molar refractivity (Wildman–Crippen MR) is 79.6 cm³/mol. The zero-order chi connectivity index (χ0) is 17.1. The van der Waals surface area contributed by atoms with Gasteiger partial charge in [0.2, 0.25) is 0 Å². The summed E-state index contributed by atoms with van der Waals surface area (Å²) in [6, 6.07) is 3.88. The van der Waals surface area contributed by atoms with Crippen LogP contribution in [0.4, 0.5) is 21.4 Å². The molecule has 1 aliphatic rings. The molecular weight excluding hydrogens is 335 g/mol. The third-order valence-corrected chi connectivity index (χ3v) is 4.76. The van der Waals surface area contributed by atoms with Gasteiger partial charge < -0.3 is 4.74 Å². The van der Waals surface area contributed by atoms with E-state index in [1.54, 1.807) is 0 Å². The molecule has 1 aliphatic carbocycles. The zero-order valence-electron chi connectivity index (χ0n) is 12.7. The van der Waals surface area contributed by atoms with E-state index < -0.39 is 23.3 Å². The summed E-state index contributed by atoms with van der Waals surface area (Å²) < 4.78 is 75.1.